The monoisotopic (exact) mass is 248 g/mol. The first-order chi connectivity index (χ1) is 7.65. The van der Waals surface area contributed by atoms with Crippen LogP contribution in [-0.4, -0.2) is 56.5 Å². The van der Waals surface area contributed by atoms with Gasteiger partial charge in [0.25, 0.3) is 0 Å². The van der Waals surface area contributed by atoms with Crippen LogP contribution in [0.25, 0.3) is 0 Å². The van der Waals surface area contributed by atoms with Crippen molar-refractivity contribution in [2.24, 2.45) is 5.73 Å². The molecule has 1 atom stereocenters. The van der Waals surface area contributed by atoms with E-state index in [1.807, 2.05) is 0 Å². The lowest BCUT2D eigenvalue weighted by Crippen LogP contribution is -2.41. The third-order valence-corrected chi connectivity index (χ3v) is 2.76. The van der Waals surface area contributed by atoms with Crippen LogP contribution in [-0.2, 0) is 9.47 Å². The molecule has 16 heavy (non-hydrogen) atoms. The van der Waals surface area contributed by atoms with E-state index in [-0.39, 0.29) is 0 Å². The molecule has 0 aromatic heterocycles. The molecule has 96 valence electrons. The highest BCUT2D eigenvalue weighted by molar-refractivity contribution is 7.80. The van der Waals surface area contributed by atoms with Crippen molar-refractivity contribution in [1.82, 2.24) is 4.90 Å². The van der Waals surface area contributed by atoms with Crippen LogP contribution in [0.1, 0.15) is 19.8 Å². The molecule has 0 aliphatic rings. The van der Waals surface area contributed by atoms with Crippen molar-refractivity contribution in [3.8, 4) is 0 Å². The minimum Gasteiger partial charge on any atom is -0.393 e. The summed E-state index contributed by atoms with van der Waals surface area (Å²) in [5.74, 6) is 0. The normalized spacial score (nSPS) is 13.0. The molecular weight excluding hydrogens is 224 g/mol. The van der Waals surface area contributed by atoms with E-state index >= 15 is 0 Å². The summed E-state index contributed by atoms with van der Waals surface area (Å²) in [6.45, 7) is 5.37. The van der Waals surface area contributed by atoms with Crippen molar-refractivity contribution in [2.75, 3.05) is 40.5 Å². The number of methoxy groups -OCH3 is 2. The van der Waals surface area contributed by atoms with Crippen molar-refractivity contribution in [2.45, 2.75) is 25.8 Å². The summed E-state index contributed by atoms with van der Waals surface area (Å²) < 4.78 is 10.2. The summed E-state index contributed by atoms with van der Waals surface area (Å²) in [6.07, 6.45) is 1.80. The fourth-order valence-electron chi connectivity index (χ4n) is 1.66. The minimum atomic E-state index is 0.391. The average molecular weight is 248 g/mol. The van der Waals surface area contributed by atoms with Crippen molar-refractivity contribution < 1.29 is 9.47 Å². The molecule has 0 rings (SSSR count). The van der Waals surface area contributed by atoms with Gasteiger partial charge in [-0.1, -0.05) is 19.1 Å². The van der Waals surface area contributed by atoms with E-state index in [9.17, 15) is 0 Å². The van der Waals surface area contributed by atoms with Gasteiger partial charge in [0.15, 0.2) is 0 Å². The summed E-state index contributed by atoms with van der Waals surface area (Å²) in [5, 5.41) is 0. The van der Waals surface area contributed by atoms with Gasteiger partial charge < -0.3 is 15.2 Å². The number of hydrogen-bond acceptors (Lipinski definition) is 4. The average Bonchev–Trinajstić information content (AvgIpc) is 2.26. The van der Waals surface area contributed by atoms with Gasteiger partial charge in [0, 0.05) is 39.8 Å². The molecule has 0 radical (unpaired) electrons. The molecule has 2 N–H and O–H groups in total. The lowest BCUT2D eigenvalue weighted by atomic mass is 10.1. The molecule has 0 amide bonds. The van der Waals surface area contributed by atoms with E-state index in [2.05, 4.69) is 11.8 Å². The Labute approximate surface area is 104 Å². The fourth-order valence-corrected chi connectivity index (χ4v) is 1.85. The first-order valence-corrected chi connectivity index (χ1v) is 6.06. The number of ether oxygens (including phenoxy) is 2. The number of hydrogen-bond donors (Lipinski definition) is 1. The Hall–Kier alpha value is -0.230. The summed E-state index contributed by atoms with van der Waals surface area (Å²) in [5.41, 5.74) is 5.61. The maximum Gasteiger partial charge on any atom is 0.0743 e. The predicted octanol–water partition coefficient (Wildman–Crippen LogP) is 1.04. The summed E-state index contributed by atoms with van der Waals surface area (Å²) >= 11 is 4.97. The lowest BCUT2D eigenvalue weighted by molar-refractivity contribution is 0.0876. The van der Waals surface area contributed by atoms with Crippen molar-refractivity contribution in [3.05, 3.63) is 0 Å². The highest BCUT2D eigenvalue weighted by atomic mass is 32.1. The molecular formula is C11H24N2O2S. The van der Waals surface area contributed by atoms with Gasteiger partial charge in [-0.3, -0.25) is 4.90 Å². The van der Waals surface area contributed by atoms with E-state index in [0.717, 1.165) is 39.1 Å². The number of rotatable bonds is 10. The van der Waals surface area contributed by atoms with Crippen LogP contribution < -0.4 is 5.73 Å². The van der Waals surface area contributed by atoms with Crippen LogP contribution in [0.3, 0.4) is 0 Å². The van der Waals surface area contributed by atoms with Crippen LogP contribution in [0.5, 0.6) is 0 Å². The zero-order valence-corrected chi connectivity index (χ0v) is 11.4. The second kappa shape index (κ2) is 9.96. The third kappa shape index (κ3) is 7.11. The number of thiocarbonyl (C=S) groups is 1. The molecule has 0 fully saturated rings. The van der Waals surface area contributed by atoms with Crippen LogP contribution >= 0.6 is 12.2 Å². The molecule has 0 saturated carbocycles. The zero-order valence-electron chi connectivity index (χ0n) is 10.6. The van der Waals surface area contributed by atoms with Crippen LogP contribution in [0.2, 0.25) is 0 Å². The summed E-state index contributed by atoms with van der Waals surface area (Å²) in [6, 6.07) is 0.391. The van der Waals surface area contributed by atoms with E-state index in [1.54, 1.807) is 14.2 Å². The molecule has 1 unspecified atom stereocenters. The second-order valence-electron chi connectivity index (χ2n) is 3.75. The largest absolute Gasteiger partial charge is 0.393 e. The quantitative estimate of drug-likeness (QED) is 0.585. The molecule has 0 aromatic rings. The van der Waals surface area contributed by atoms with Crippen molar-refractivity contribution in [1.29, 1.82) is 0 Å². The zero-order chi connectivity index (χ0) is 12.4. The highest BCUT2D eigenvalue weighted by Crippen LogP contribution is 2.08. The van der Waals surface area contributed by atoms with Gasteiger partial charge in [0.1, 0.15) is 0 Å². The third-order valence-electron chi connectivity index (χ3n) is 2.59. The summed E-state index contributed by atoms with van der Waals surface area (Å²) in [4.78, 5) is 2.90. The van der Waals surface area contributed by atoms with E-state index in [1.165, 1.54) is 0 Å². The molecule has 0 aliphatic carbocycles. The topological polar surface area (TPSA) is 47.7 Å². The van der Waals surface area contributed by atoms with E-state index in [4.69, 9.17) is 27.4 Å². The molecule has 0 saturated heterocycles. The van der Waals surface area contributed by atoms with E-state index in [0.29, 0.717) is 11.0 Å². The number of nitrogens with zero attached hydrogens (tertiary/aromatic N) is 1. The molecule has 0 aliphatic heterocycles. The van der Waals surface area contributed by atoms with E-state index < -0.39 is 0 Å². The Morgan fingerprint density at radius 2 is 1.75 bits per heavy atom. The maximum absolute atomic E-state index is 5.61. The molecule has 5 heteroatoms. The SMILES string of the molecule is CCC(CC(N)=S)N(CCOC)CCOC. The maximum atomic E-state index is 5.61. The molecule has 0 bridgehead atoms. The first kappa shape index (κ1) is 15.8. The fraction of sp³-hybridized carbons (Fsp3) is 0.909. The highest BCUT2D eigenvalue weighted by Gasteiger charge is 2.16. The lowest BCUT2D eigenvalue weighted by Gasteiger charge is -2.30. The minimum absolute atomic E-state index is 0.391. The molecule has 0 spiro atoms. The number of nitrogens with two attached hydrogens (primary N) is 1. The van der Waals surface area contributed by atoms with Crippen molar-refractivity contribution >= 4 is 17.2 Å². The molecule has 4 nitrogen and oxygen atoms in total. The van der Waals surface area contributed by atoms with Gasteiger partial charge in [-0.25, -0.2) is 0 Å². The Kier molecular flexibility index (Phi) is 9.82. The van der Waals surface area contributed by atoms with Gasteiger partial charge in [-0.05, 0) is 6.42 Å². The van der Waals surface area contributed by atoms with Crippen LogP contribution in [0, 0.1) is 0 Å². The second-order valence-corrected chi connectivity index (χ2v) is 4.28. The summed E-state index contributed by atoms with van der Waals surface area (Å²) in [7, 11) is 3.42. The Morgan fingerprint density at radius 3 is 2.06 bits per heavy atom. The smallest absolute Gasteiger partial charge is 0.0743 e. The van der Waals surface area contributed by atoms with Gasteiger partial charge >= 0.3 is 0 Å². The van der Waals surface area contributed by atoms with Gasteiger partial charge in [0.05, 0.1) is 18.2 Å². The molecule has 0 aromatic carbocycles. The molecule has 0 heterocycles. The Morgan fingerprint density at radius 1 is 1.25 bits per heavy atom. The predicted molar refractivity (Wildman–Crippen MR) is 70.8 cm³/mol. The Bertz CT molecular complexity index is 183. The Balaban J connectivity index is 4.23. The van der Waals surface area contributed by atoms with Gasteiger partial charge in [-0.15, -0.1) is 0 Å². The standard InChI is InChI=1S/C11H24N2O2S/c1-4-10(9-11(12)16)13(5-7-14-2)6-8-15-3/h10H,4-9H2,1-3H3,(H2,12,16). The first-order valence-electron chi connectivity index (χ1n) is 5.65. The van der Waals surface area contributed by atoms with Crippen LogP contribution in [0.4, 0.5) is 0 Å². The van der Waals surface area contributed by atoms with Gasteiger partial charge in [0.2, 0.25) is 0 Å². The van der Waals surface area contributed by atoms with Crippen molar-refractivity contribution in [3.63, 3.8) is 0 Å². The van der Waals surface area contributed by atoms with Crippen LogP contribution in [0.15, 0.2) is 0 Å². The van der Waals surface area contributed by atoms with Gasteiger partial charge in [-0.2, -0.15) is 0 Å².